The fraction of sp³-hybridized carbons (Fsp3) is 0.538. The molecule has 0 spiro atoms. The lowest BCUT2D eigenvalue weighted by Gasteiger charge is -2.21. The summed E-state index contributed by atoms with van der Waals surface area (Å²) in [4.78, 5) is 1.23. The average molecular weight is 255 g/mol. The maximum absolute atomic E-state index is 9.02. The van der Waals surface area contributed by atoms with Gasteiger partial charge < -0.3 is 15.6 Å². The maximum Gasteiger partial charge on any atom is 0.118 e. The van der Waals surface area contributed by atoms with E-state index in [1.165, 1.54) is 4.90 Å². The third-order valence-corrected chi connectivity index (χ3v) is 3.68. The molecule has 0 amide bonds. The standard InChI is InChI=1S/C13H21NO2S/c1-13(14,10-15)8-3-9-17-12-6-4-11(16-2)5-7-12/h4-7,15H,3,8-10,14H2,1-2H3. The topological polar surface area (TPSA) is 55.5 Å². The molecule has 3 nitrogen and oxygen atoms in total. The van der Waals surface area contributed by atoms with Gasteiger partial charge in [-0.2, -0.15) is 0 Å². The van der Waals surface area contributed by atoms with Gasteiger partial charge in [-0.15, -0.1) is 11.8 Å². The van der Waals surface area contributed by atoms with Crippen molar-refractivity contribution in [2.75, 3.05) is 19.5 Å². The van der Waals surface area contributed by atoms with Crippen LogP contribution < -0.4 is 10.5 Å². The first-order chi connectivity index (χ1) is 8.07. The Kier molecular flexibility index (Phi) is 5.82. The Morgan fingerprint density at radius 3 is 2.53 bits per heavy atom. The highest BCUT2D eigenvalue weighted by atomic mass is 32.2. The third-order valence-electron chi connectivity index (χ3n) is 2.58. The van der Waals surface area contributed by atoms with Crippen LogP contribution in [0.4, 0.5) is 0 Å². The largest absolute Gasteiger partial charge is 0.497 e. The van der Waals surface area contributed by atoms with Crippen LogP contribution in [0.5, 0.6) is 5.75 Å². The molecule has 0 bridgehead atoms. The van der Waals surface area contributed by atoms with Crippen LogP contribution in [0.1, 0.15) is 19.8 Å². The summed E-state index contributed by atoms with van der Waals surface area (Å²) >= 11 is 1.80. The van der Waals surface area contributed by atoms with E-state index >= 15 is 0 Å². The molecule has 0 aromatic heterocycles. The highest BCUT2D eigenvalue weighted by Crippen LogP contribution is 2.23. The molecule has 0 aliphatic carbocycles. The molecule has 17 heavy (non-hydrogen) atoms. The van der Waals surface area contributed by atoms with E-state index in [0.717, 1.165) is 24.3 Å². The molecule has 1 aromatic rings. The van der Waals surface area contributed by atoms with Crippen molar-refractivity contribution in [1.29, 1.82) is 0 Å². The Labute approximate surface area is 107 Å². The maximum atomic E-state index is 9.02. The predicted molar refractivity (Wildman–Crippen MR) is 72.6 cm³/mol. The second-order valence-corrected chi connectivity index (χ2v) is 5.61. The Morgan fingerprint density at radius 2 is 2.00 bits per heavy atom. The van der Waals surface area contributed by atoms with Gasteiger partial charge in [0.1, 0.15) is 5.75 Å². The fourth-order valence-corrected chi connectivity index (χ4v) is 2.27. The lowest BCUT2D eigenvalue weighted by molar-refractivity contribution is 0.200. The van der Waals surface area contributed by atoms with Gasteiger partial charge in [-0.3, -0.25) is 0 Å². The van der Waals surface area contributed by atoms with Gasteiger partial charge in [-0.25, -0.2) is 0 Å². The summed E-state index contributed by atoms with van der Waals surface area (Å²) in [6, 6.07) is 8.03. The van der Waals surface area contributed by atoms with E-state index in [2.05, 4.69) is 12.1 Å². The molecule has 96 valence electrons. The van der Waals surface area contributed by atoms with Gasteiger partial charge in [0, 0.05) is 10.4 Å². The number of hydrogen-bond acceptors (Lipinski definition) is 4. The lowest BCUT2D eigenvalue weighted by Crippen LogP contribution is -2.40. The number of aliphatic hydroxyl groups is 1. The molecule has 0 saturated heterocycles. The molecule has 3 N–H and O–H groups in total. The molecule has 1 atom stereocenters. The molecular weight excluding hydrogens is 234 g/mol. The van der Waals surface area contributed by atoms with E-state index in [-0.39, 0.29) is 6.61 Å². The van der Waals surface area contributed by atoms with E-state index in [0.29, 0.717) is 0 Å². The first-order valence-electron chi connectivity index (χ1n) is 5.74. The summed E-state index contributed by atoms with van der Waals surface area (Å²) in [5.74, 6) is 1.89. The Hall–Kier alpha value is -0.710. The smallest absolute Gasteiger partial charge is 0.118 e. The van der Waals surface area contributed by atoms with Gasteiger partial charge >= 0.3 is 0 Å². The summed E-state index contributed by atoms with van der Waals surface area (Å²) in [5.41, 5.74) is 5.41. The van der Waals surface area contributed by atoms with Crippen LogP contribution in [-0.4, -0.2) is 30.1 Å². The number of methoxy groups -OCH3 is 1. The Bertz CT molecular complexity index is 325. The van der Waals surface area contributed by atoms with Crippen molar-refractivity contribution in [2.45, 2.75) is 30.2 Å². The molecule has 0 fully saturated rings. The molecule has 1 unspecified atom stereocenters. The van der Waals surface area contributed by atoms with Gasteiger partial charge in [0.2, 0.25) is 0 Å². The van der Waals surface area contributed by atoms with Crippen molar-refractivity contribution in [3.05, 3.63) is 24.3 Å². The second-order valence-electron chi connectivity index (χ2n) is 4.44. The number of hydrogen-bond donors (Lipinski definition) is 2. The fourth-order valence-electron chi connectivity index (χ4n) is 1.42. The number of rotatable bonds is 7. The predicted octanol–water partition coefficient (Wildman–Crippen LogP) is 2.28. The number of aliphatic hydroxyl groups excluding tert-OH is 1. The normalized spacial score (nSPS) is 14.4. The van der Waals surface area contributed by atoms with Crippen LogP contribution in [0.25, 0.3) is 0 Å². The Balaban J connectivity index is 2.26. The summed E-state index contributed by atoms with van der Waals surface area (Å²) in [6.07, 6.45) is 1.84. The minimum Gasteiger partial charge on any atom is -0.497 e. The third kappa shape index (κ3) is 5.44. The molecule has 1 aromatic carbocycles. The van der Waals surface area contributed by atoms with Crippen LogP contribution >= 0.6 is 11.8 Å². The van der Waals surface area contributed by atoms with Crippen molar-refractivity contribution in [2.24, 2.45) is 5.73 Å². The lowest BCUT2D eigenvalue weighted by atomic mass is 9.99. The first-order valence-corrected chi connectivity index (χ1v) is 6.72. The summed E-state index contributed by atoms with van der Waals surface area (Å²) in [6.45, 7) is 1.92. The summed E-state index contributed by atoms with van der Waals surface area (Å²) < 4.78 is 5.10. The van der Waals surface area contributed by atoms with Crippen LogP contribution in [0, 0.1) is 0 Å². The zero-order chi connectivity index (χ0) is 12.7. The van der Waals surface area contributed by atoms with Crippen molar-refractivity contribution in [3.63, 3.8) is 0 Å². The van der Waals surface area contributed by atoms with E-state index in [9.17, 15) is 0 Å². The van der Waals surface area contributed by atoms with E-state index in [1.807, 2.05) is 19.1 Å². The zero-order valence-electron chi connectivity index (χ0n) is 10.5. The molecule has 0 radical (unpaired) electrons. The van der Waals surface area contributed by atoms with E-state index in [1.54, 1.807) is 18.9 Å². The minimum absolute atomic E-state index is 0.0419. The molecule has 0 aliphatic heterocycles. The van der Waals surface area contributed by atoms with Crippen LogP contribution in [0.3, 0.4) is 0 Å². The molecule has 0 saturated carbocycles. The monoisotopic (exact) mass is 255 g/mol. The molecular formula is C13H21NO2S. The van der Waals surface area contributed by atoms with Crippen molar-refractivity contribution in [1.82, 2.24) is 0 Å². The zero-order valence-corrected chi connectivity index (χ0v) is 11.3. The Morgan fingerprint density at radius 1 is 1.35 bits per heavy atom. The second kappa shape index (κ2) is 6.89. The van der Waals surface area contributed by atoms with Gasteiger partial charge in [-0.05, 0) is 49.8 Å². The van der Waals surface area contributed by atoms with E-state index < -0.39 is 5.54 Å². The minimum atomic E-state index is -0.444. The van der Waals surface area contributed by atoms with Gasteiger partial charge in [0.25, 0.3) is 0 Å². The SMILES string of the molecule is COc1ccc(SCCCC(C)(N)CO)cc1. The van der Waals surface area contributed by atoms with Gasteiger partial charge in [0.15, 0.2) is 0 Å². The van der Waals surface area contributed by atoms with Crippen molar-refractivity contribution in [3.8, 4) is 5.75 Å². The summed E-state index contributed by atoms with van der Waals surface area (Å²) in [5, 5.41) is 9.02. The van der Waals surface area contributed by atoms with Crippen molar-refractivity contribution >= 4 is 11.8 Å². The molecule has 0 aliphatic rings. The van der Waals surface area contributed by atoms with Crippen LogP contribution in [0.2, 0.25) is 0 Å². The first kappa shape index (κ1) is 14.4. The number of thioether (sulfide) groups is 1. The average Bonchev–Trinajstić information content (AvgIpc) is 2.35. The quantitative estimate of drug-likeness (QED) is 0.580. The highest BCUT2D eigenvalue weighted by molar-refractivity contribution is 7.99. The van der Waals surface area contributed by atoms with Crippen molar-refractivity contribution < 1.29 is 9.84 Å². The van der Waals surface area contributed by atoms with Gasteiger partial charge in [-0.1, -0.05) is 0 Å². The molecule has 1 rings (SSSR count). The highest BCUT2D eigenvalue weighted by Gasteiger charge is 2.15. The number of benzene rings is 1. The van der Waals surface area contributed by atoms with E-state index in [4.69, 9.17) is 15.6 Å². The van der Waals surface area contributed by atoms with Gasteiger partial charge in [0.05, 0.1) is 13.7 Å². The number of ether oxygens (including phenoxy) is 1. The number of nitrogens with two attached hydrogens (primary N) is 1. The van der Waals surface area contributed by atoms with Crippen LogP contribution in [0.15, 0.2) is 29.2 Å². The van der Waals surface area contributed by atoms with Crippen LogP contribution in [-0.2, 0) is 0 Å². The molecule has 0 heterocycles. The summed E-state index contributed by atoms with van der Waals surface area (Å²) in [7, 11) is 1.67. The molecule has 4 heteroatoms.